The number of methoxy groups -OCH3 is 1. The topological polar surface area (TPSA) is 222 Å². The predicted octanol–water partition coefficient (Wildman–Crippen LogP) is -0.0317. The summed E-state index contributed by atoms with van der Waals surface area (Å²) < 4.78 is 39.6. The van der Waals surface area contributed by atoms with Crippen molar-refractivity contribution in [1.82, 2.24) is 19.6 Å². The molecule has 4 rings (SSSR count). The zero-order valence-corrected chi connectivity index (χ0v) is 24.7. The van der Waals surface area contributed by atoms with Crippen LogP contribution in [0, 0.1) is 0 Å². The van der Waals surface area contributed by atoms with Gasteiger partial charge in [0.1, 0.15) is 43.0 Å². The molecule has 1 saturated heterocycles. The molecular weight excluding hydrogens is 608 g/mol. The molecule has 6 unspecified atom stereocenters. The van der Waals surface area contributed by atoms with E-state index in [0.29, 0.717) is 17.2 Å². The first kappa shape index (κ1) is 32.6. The zero-order valence-electron chi connectivity index (χ0n) is 22.2. The molecule has 230 valence electrons. The predicted molar refractivity (Wildman–Crippen MR) is 145 cm³/mol. The van der Waals surface area contributed by atoms with Crippen LogP contribution in [0.1, 0.15) is 37.5 Å². The van der Waals surface area contributed by atoms with Gasteiger partial charge in [-0.15, -0.1) is 9.62 Å². The Morgan fingerprint density at radius 2 is 2.07 bits per heavy atom. The van der Waals surface area contributed by atoms with Crippen molar-refractivity contribution >= 4 is 44.5 Å². The summed E-state index contributed by atoms with van der Waals surface area (Å²) in [6, 6.07) is 0.236. The van der Waals surface area contributed by atoms with E-state index in [0.717, 1.165) is 31.5 Å². The molecule has 2 aliphatic rings. The number of anilines is 1. The lowest BCUT2D eigenvalue weighted by Crippen LogP contribution is -2.35. The molecule has 0 amide bonds. The van der Waals surface area contributed by atoms with Gasteiger partial charge in [-0.3, -0.25) is 4.57 Å². The summed E-state index contributed by atoms with van der Waals surface area (Å²) >= 11 is 6.19. The Kier molecular flexibility index (Phi) is 11.8. The van der Waals surface area contributed by atoms with E-state index in [9.17, 15) is 19.7 Å². The third-order valence-corrected chi connectivity index (χ3v) is 8.56. The van der Waals surface area contributed by atoms with Crippen LogP contribution >= 0.6 is 27.2 Å². The molecule has 2 fully saturated rings. The van der Waals surface area contributed by atoms with Gasteiger partial charge in [-0.2, -0.15) is 4.98 Å². The summed E-state index contributed by atoms with van der Waals surface area (Å²) in [4.78, 5) is 38.9. The second-order valence-electron chi connectivity index (χ2n) is 9.60. The van der Waals surface area contributed by atoms with Crippen molar-refractivity contribution in [3.63, 3.8) is 0 Å². The third kappa shape index (κ3) is 9.07. The molecular formula is C22H34ClN5O11P2. The van der Waals surface area contributed by atoms with E-state index in [2.05, 4.69) is 20.4 Å². The summed E-state index contributed by atoms with van der Waals surface area (Å²) in [6.07, 6.45) is -1.17. The molecule has 6 atom stereocenters. The lowest BCUT2D eigenvalue weighted by molar-refractivity contribution is -0.206. The monoisotopic (exact) mass is 641 g/mol. The van der Waals surface area contributed by atoms with Gasteiger partial charge in [0.25, 0.3) is 0 Å². The van der Waals surface area contributed by atoms with Crippen LogP contribution in [0.15, 0.2) is 6.20 Å². The van der Waals surface area contributed by atoms with Gasteiger partial charge in [-0.25, -0.2) is 9.50 Å². The minimum atomic E-state index is -4.42. The number of ether oxygens (including phenoxy) is 4. The molecule has 0 bridgehead atoms. The Labute approximate surface area is 241 Å². The molecule has 41 heavy (non-hydrogen) atoms. The number of aromatic nitrogens is 4. The van der Waals surface area contributed by atoms with Crippen LogP contribution in [0.25, 0.3) is 5.65 Å². The Balaban J connectivity index is 1.44. The van der Waals surface area contributed by atoms with Crippen molar-refractivity contribution < 1.29 is 52.9 Å². The van der Waals surface area contributed by atoms with E-state index >= 15 is 0 Å². The first-order valence-electron chi connectivity index (χ1n) is 12.9. The highest BCUT2D eigenvalue weighted by Crippen LogP contribution is 2.36. The van der Waals surface area contributed by atoms with E-state index in [1.165, 1.54) is 17.8 Å². The van der Waals surface area contributed by atoms with E-state index in [4.69, 9.17) is 44.9 Å². The molecule has 0 radical (unpaired) electrons. The van der Waals surface area contributed by atoms with Crippen LogP contribution in [-0.4, -0.2) is 116 Å². The molecule has 19 heteroatoms. The molecule has 5 N–H and O–H groups in total. The van der Waals surface area contributed by atoms with Gasteiger partial charge in [0.2, 0.25) is 19.6 Å². The van der Waals surface area contributed by atoms with Crippen molar-refractivity contribution in [3.8, 4) is 0 Å². The highest BCUT2D eigenvalue weighted by molar-refractivity contribution is 7.55. The zero-order chi connectivity index (χ0) is 29.6. The molecule has 2 aromatic heterocycles. The average molecular weight is 642 g/mol. The number of aliphatic hydroxyl groups excluding tert-OH is 2. The van der Waals surface area contributed by atoms with Crippen LogP contribution in [0.2, 0.25) is 5.28 Å². The Bertz CT molecular complexity index is 1230. The maximum Gasteiger partial charge on any atom is 0.333 e. The second-order valence-corrected chi connectivity index (χ2v) is 12.8. The quantitative estimate of drug-likeness (QED) is 0.0978. The van der Waals surface area contributed by atoms with E-state index in [-0.39, 0.29) is 37.8 Å². The SMILES string of the molecule is COCCOCC(OCC1OC(c2cnc3c(NC4CCCC4)nc(Cl)nn23)C(O)C1O)O/[P+]([O-])=C/CP(=O)(O)O. The van der Waals surface area contributed by atoms with Crippen molar-refractivity contribution in [3.05, 3.63) is 17.2 Å². The number of nitrogens with zero attached hydrogens (tertiary/aromatic N) is 4. The van der Waals surface area contributed by atoms with Crippen molar-refractivity contribution in [2.24, 2.45) is 0 Å². The van der Waals surface area contributed by atoms with Crippen LogP contribution in [0.5, 0.6) is 0 Å². The van der Waals surface area contributed by atoms with Crippen LogP contribution in [-0.2, 0) is 28.0 Å². The smallest absolute Gasteiger partial charge is 0.333 e. The van der Waals surface area contributed by atoms with E-state index < -0.39 is 52.5 Å². The number of nitrogens with one attached hydrogen (secondary N) is 1. The van der Waals surface area contributed by atoms with Gasteiger partial charge in [0.15, 0.2) is 11.5 Å². The summed E-state index contributed by atoms with van der Waals surface area (Å²) in [6.45, 7) is -0.0767. The largest absolute Gasteiger partial charge is 0.603 e. The summed E-state index contributed by atoms with van der Waals surface area (Å²) in [5.41, 5.74) is 0.719. The molecule has 1 aliphatic heterocycles. The summed E-state index contributed by atoms with van der Waals surface area (Å²) in [7, 11) is -5.56. The Hall–Kier alpha value is -1.36. The molecule has 2 aromatic rings. The van der Waals surface area contributed by atoms with Gasteiger partial charge in [0, 0.05) is 13.2 Å². The first-order valence-corrected chi connectivity index (χ1v) is 16.4. The molecule has 3 heterocycles. The van der Waals surface area contributed by atoms with Gasteiger partial charge in [-0.1, -0.05) is 12.8 Å². The number of imidazole rings is 1. The minimum Gasteiger partial charge on any atom is -0.603 e. The van der Waals surface area contributed by atoms with Crippen LogP contribution < -0.4 is 10.2 Å². The number of aliphatic hydroxyl groups is 2. The highest BCUT2D eigenvalue weighted by Gasteiger charge is 2.45. The fraction of sp³-hybridized carbons (Fsp3) is 0.727. The lowest BCUT2D eigenvalue weighted by Gasteiger charge is -2.19. The number of fused-ring (bicyclic) bond motifs is 1. The maximum atomic E-state index is 12.2. The van der Waals surface area contributed by atoms with Crippen LogP contribution in [0.3, 0.4) is 0 Å². The van der Waals surface area contributed by atoms with Crippen molar-refractivity contribution in [2.75, 3.05) is 45.0 Å². The van der Waals surface area contributed by atoms with E-state index in [1.54, 1.807) is 0 Å². The molecule has 0 spiro atoms. The number of rotatable bonds is 15. The Morgan fingerprint density at radius 3 is 2.78 bits per heavy atom. The van der Waals surface area contributed by atoms with Crippen LogP contribution in [0.4, 0.5) is 5.82 Å². The van der Waals surface area contributed by atoms with Gasteiger partial charge < -0.3 is 49.2 Å². The third-order valence-electron chi connectivity index (χ3n) is 6.53. The second kappa shape index (κ2) is 14.9. The first-order chi connectivity index (χ1) is 19.6. The Morgan fingerprint density at radius 1 is 1.32 bits per heavy atom. The highest BCUT2D eigenvalue weighted by atomic mass is 35.5. The molecule has 1 aliphatic carbocycles. The van der Waals surface area contributed by atoms with E-state index in [1.807, 2.05) is 0 Å². The normalized spacial score (nSPS) is 24.9. The molecule has 0 aromatic carbocycles. The number of hydrogen-bond acceptors (Lipinski definition) is 13. The van der Waals surface area contributed by atoms with Gasteiger partial charge >= 0.3 is 7.60 Å². The van der Waals surface area contributed by atoms with Crippen molar-refractivity contribution in [1.29, 1.82) is 0 Å². The number of hydrogen-bond donors (Lipinski definition) is 5. The summed E-state index contributed by atoms with van der Waals surface area (Å²) in [5, 5.41) is 29.1. The fourth-order valence-electron chi connectivity index (χ4n) is 4.52. The average Bonchev–Trinajstić information content (AvgIpc) is 3.64. The summed E-state index contributed by atoms with van der Waals surface area (Å²) in [5.74, 6) is 1.30. The standard InChI is InChI=1S/C22H34ClN5O11P2/c1-35-6-7-36-12-16(39-40(31)8-9-41(32,33)34)37-11-15-17(29)18(30)19(38-15)14-10-24-21-20(25-13-4-2-3-5-13)26-22(23)27-28(14)21/h8,10,13,15-19,29-30H,2-7,9,11-12H2,1H3,(H,25,26,27)(H2,32,33,34). The maximum absolute atomic E-state index is 12.2. The molecule has 1 saturated carbocycles. The molecule has 16 nitrogen and oxygen atoms in total. The van der Waals surface area contributed by atoms with Gasteiger partial charge in [-0.05, 0) is 24.4 Å². The minimum absolute atomic E-state index is 0.0386. The number of halogens is 1. The van der Waals surface area contributed by atoms with Gasteiger partial charge in [0.05, 0.1) is 31.7 Å². The fourth-order valence-corrected chi connectivity index (χ4v) is 6.51. The van der Waals surface area contributed by atoms with Crippen molar-refractivity contribution in [2.45, 2.75) is 62.4 Å². The lowest BCUT2D eigenvalue weighted by atomic mass is 10.1.